The number of nitrogens with one attached hydrogen (secondary N) is 1. The molecule has 7 nitrogen and oxygen atoms in total. The number of fused-ring (bicyclic) bond motifs is 1. The quantitative estimate of drug-likeness (QED) is 0.368. The van der Waals surface area contributed by atoms with E-state index < -0.39 is 5.82 Å². The molecule has 4 aromatic rings. The van der Waals surface area contributed by atoms with Gasteiger partial charge >= 0.3 is 0 Å². The maximum atomic E-state index is 13.6. The molecule has 0 bridgehead atoms. The van der Waals surface area contributed by atoms with Gasteiger partial charge in [-0.15, -0.1) is 0 Å². The molecule has 0 spiro atoms. The molecule has 1 fully saturated rings. The molecule has 1 aliphatic heterocycles. The first-order chi connectivity index (χ1) is 18.0. The van der Waals surface area contributed by atoms with Crippen molar-refractivity contribution in [2.24, 2.45) is 0 Å². The number of nitrogens with zero attached hydrogens (tertiary/aromatic N) is 3. The molecule has 3 heterocycles. The minimum absolute atomic E-state index is 0.107. The van der Waals surface area contributed by atoms with Gasteiger partial charge in [0.25, 0.3) is 11.1 Å². The molecule has 9 heteroatoms. The number of pyridine rings is 1. The highest BCUT2D eigenvalue weighted by Crippen LogP contribution is 2.23. The van der Waals surface area contributed by atoms with Crippen molar-refractivity contribution in [3.8, 4) is 5.69 Å². The summed E-state index contributed by atoms with van der Waals surface area (Å²) in [6.45, 7) is 6.41. The van der Waals surface area contributed by atoms with E-state index in [1.165, 1.54) is 22.9 Å². The summed E-state index contributed by atoms with van der Waals surface area (Å²) in [4.78, 5) is 29.4. The van der Waals surface area contributed by atoms with E-state index >= 15 is 0 Å². The van der Waals surface area contributed by atoms with E-state index in [-0.39, 0.29) is 16.1 Å². The average Bonchev–Trinajstić information content (AvgIpc) is 3.21. The summed E-state index contributed by atoms with van der Waals surface area (Å²) in [5.74, 6) is -0.489. The van der Waals surface area contributed by atoms with E-state index in [0.29, 0.717) is 35.2 Å². The molecule has 1 saturated heterocycles. The normalized spacial score (nSPS) is 14.5. The fourth-order valence-corrected chi connectivity index (χ4v) is 5.20. The topological polar surface area (TPSA) is 72.3 Å². The summed E-state index contributed by atoms with van der Waals surface area (Å²) in [7, 11) is 0. The Hall–Kier alpha value is -3.20. The van der Waals surface area contributed by atoms with Crippen molar-refractivity contribution in [3.05, 3.63) is 96.9 Å². The van der Waals surface area contributed by atoms with Gasteiger partial charge in [0.15, 0.2) is 0 Å². The zero-order chi connectivity index (χ0) is 25.9. The van der Waals surface area contributed by atoms with Crippen molar-refractivity contribution in [2.45, 2.75) is 39.3 Å². The van der Waals surface area contributed by atoms with E-state index in [0.717, 1.165) is 62.9 Å². The van der Waals surface area contributed by atoms with Gasteiger partial charge in [-0.25, -0.2) is 9.07 Å². The number of H-pyrrole nitrogens is 1. The Kier molecular flexibility index (Phi) is 7.60. The molecule has 1 aliphatic rings. The van der Waals surface area contributed by atoms with Gasteiger partial charge in [-0.3, -0.25) is 19.6 Å². The predicted molar refractivity (Wildman–Crippen MR) is 143 cm³/mol. The van der Waals surface area contributed by atoms with Crippen LogP contribution in [0.1, 0.15) is 36.6 Å². The monoisotopic (exact) mass is 524 g/mol. The number of rotatable bonds is 8. The molecule has 2 aromatic heterocycles. The molecule has 194 valence electrons. The summed E-state index contributed by atoms with van der Waals surface area (Å²) >= 11 is 6.26. The molecule has 0 aliphatic carbocycles. The summed E-state index contributed by atoms with van der Waals surface area (Å²) in [6, 6.07) is 13.5. The van der Waals surface area contributed by atoms with Crippen LogP contribution >= 0.6 is 11.6 Å². The number of unbranched alkanes of at least 4 members (excludes halogenated alkanes) is 1. The zero-order valence-electron chi connectivity index (χ0n) is 20.8. The summed E-state index contributed by atoms with van der Waals surface area (Å²) < 4.78 is 22.1. The first-order valence-corrected chi connectivity index (χ1v) is 13.0. The van der Waals surface area contributed by atoms with E-state index in [1.807, 2.05) is 18.2 Å². The van der Waals surface area contributed by atoms with Gasteiger partial charge in [0.05, 0.1) is 41.4 Å². The molecule has 0 unspecified atom stereocenters. The number of hydrogen-bond donors (Lipinski definition) is 1. The van der Waals surface area contributed by atoms with E-state index in [1.54, 1.807) is 4.57 Å². The van der Waals surface area contributed by atoms with Crippen molar-refractivity contribution in [3.63, 3.8) is 0 Å². The maximum absolute atomic E-state index is 13.6. The third-order valence-corrected chi connectivity index (χ3v) is 7.23. The molecule has 2 aromatic carbocycles. The summed E-state index contributed by atoms with van der Waals surface area (Å²) in [6.07, 6.45) is 2.33. The third-order valence-electron chi connectivity index (χ3n) is 6.93. The Bertz CT molecular complexity index is 1530. The molecule has 0 saturated carbocycles. The molecule has 0 amide bonds. The van der Waals surface area contributed by atoms with Gasteiger partial charge < -0.3 is 9.30 Å². The highest BCUT2D eigenvalue weighted by molar-refractivity contribution is 6.32. The lowest BCUT2D eigenvalue weighted by molar-refractivity contribution is 0.0340. The summed E-state index contributed by atoms with van der Waals surface area (Å²) in [5.41, 5.74) is 3.18. The number of aryl methyl sites for hydroxylation is 1. The van der Waals surface area contributed by atoms with Gasteiger partial charge in [0, 0.05) is 31.4 Å². The van der Waals surface area contributed by atoms with Crippen molar-refractivity contribution >= 4 is 22.5 Å². The van der Waals surface area contributed by atoms with E-state index in [9.17, 15) is 14.0 Å². The van der Waals surface area contributed by atoms with Crippen LogP contribution in [-0.2, 0) is 24.2 Å². The van der Waals surface area contributed by atoms with E-state index in [4.69, 9.17) is 16.3 Å². The van der Waals surface area contributed by atoms with Crippen LogP contribution in [0.15, 0.2) is 58.1 Å². The Balaban J connectivity index is 1.61. The predicted octanol–water partition coefficient (Wildman–Crippen LogP) is 4.50. The lowest BCUT2D eigenvalue weighted by atomic mass is 10.0. The Morgan fingerprint density at radius 2 is 1.76 bits per heavy atom. The first-order valence-electron chi connectivity index (χ1n) is 12.7. The van der Waals surface area contributed by atoms with Crippen molar-refractivity contribution in [2.75, 3.05) is 26.3 Å². The van der Waals surface area contributed by atoms with Crippen LogP contribution < -0.4 is 11.1 Å². The standard InChI is InChI=1S/C28H30ClFN4O3/c1-2-3-8-25-27-23(31-34(28(27)36)24-10-9-21(30)15-22(24)29)16-26(35)33(25)18-20-7-5-4-6-19(20)17-32-11-13-37-14-12-32/h4-7,9-10,15-16,31H,2-3,8,11-14,17-18H2,1H3. The van der Waals surface area contributed by atoms with Crippen LogP contribution in [0.5, 0.6) is 0 Å². The Morgan fingerprint density at radius 1 is 1.03 bits per heavy atom. The molecule has 37 heavy (non-hydrogen) atoms. The van der Waals surface area contributed by atoms with Gasteiger partial charge in [-0.2, -0.15) is 0 Å². The van der Waals surface area contributed by atoms with Crippen molar-refractivity contribution < 1.29 is 9.13 Å². The number of ether oxygens (including phenoxy) is 1. The number of morpholine rings is 1. The summed E-state index contributed by atoms with van der Waals surface area (Å²) in [5, 5.41) is 3.59. The largest absolute Gasteiger partial charge is 0.379 e. The Morgan fingerprint density at radius 3 is 2.46 bits per heavy atom. The molecular formula is C28H30ClFN4O3. The average molecular weight is 525 g/mol. The molecular weight excluding hydrogens is 495 g/mol. The number of benzene rings is 2. The molecule has 1 N–H and O–H groups in total. The van der Waals surface area contributed by atoms with Gasteiger partial charge in [0.1, 0.15) is 5.82 Å². The fraction of sp³-hybridized carbons (Fsp3) is 0.357. The molecule has 0 atom stereocenters. The van der Waals surface area contributed by atoms with Crippen molar-refractivity contribution in [1.29, 1.82) is 0 Å². The SMILES string of the molecule is CCCCc1c2c(=O)n(-c3ccc(F)cc3Cl)[nH]c2cc(=O)n1Cc1ccccc1CN1CCOCC1. The van der Waals surface area contributed by atoms with Crippen LogP contribution in [0.2, 0.25) is 5.02 Å². The van der Waals surface area contributed by atoms with E-state index in [2.05, 4.69) is 23.0 Å². The van der Waals surface area contributed by atoms with Crippen LogP contribution in [-0.4, -0.2) is 45.6 Å². The second-order valence-electron chi connectivity index (χ2n) is 9.41. The second kappa shape index (κ2) is 11.0. The van der Waals surface area contributed by atoms with Gasteiger partial charge in [0.2, 0.25) is 0 Å². The highest BCUT2D eigenvalue weighted by atomic mass is 35.5. The lowest BCUT2D eigenvalue weighted by Gasteiger charge is -2.27. The fourth-order valence-electron chi connectivity index (χ4n) is 4.95. The minimum Gasteiger partial charge on any atom is -0.379 e. The van der Waals surface area contributed by atoms with Gasteiger partial charge in [-0.05, 0) is 42.2 Å². The zero-order valence-corrected chi connectivity index (χ0v) is 21.6. The van der Waals surface area contributed by atoms with Crippen LogP contribution in [0.4, 0.5) is 4.39 Å². The minimum atomic E-state index is -0.489. The smallest absolute Gasteiger partial charge is 0.280 e. The van der Waals surface area contributed by atoms with Crippen LogP contribution in [0, 0.1) is 5.82 Å². The Labute approximate surface area is 219 Å². The molecule has 0 radical (unpaired) electrons. The van der Waals surface area contributed by atoms with Crippen molar-refractivity contribution in [1.82, 2.24) is 19.2 Å². The third kappa shape index (κ3) is 5.28. The first kappa shape index (κ1) is 25.4. The molecule has 5 rings (SSSR count). The number of aromatic nitrogens is 3. The number of hydrogen-bond acceptors (Lipinski definition) is 4. The number of aromatic amines is 1. The van der Waals surface area contributed by atoms with Crippen LogP contribution in [0.3, 0.4) is 0 Å². The van der Waals surface area contributed by atoms with Crippen LogP contribution in [0.25, 0.3) is 16.6 Å². The number of halogens is 2. The lowest BCUT2D eigenvalue weighted by Crippen LogP contribution is -2.36. The van der Waals surface area contributed by atoms with Gasteiger partial charge in [-0.1, -0.05) is 49.2 Å². The maximum Gasteiger partial charge on any atom is 0.280 e. The second-order valence-corrected chi connectivity index (χ2v) is 9.82. The highest BCUT2D eigenvalue weighted by Gasteiger charge is 2.20.